The van der Waals surface area contributed by atoms with Gasteiger partial charge in [-0.15, -0.1) is 0 Å². The molecule has 0 spiro atoms. The van der Waals surface area contributed by atoms with Crippen LogP contribution in [0.4, 0.5) is 4.79 Å². The molecular weight excluding hydrogens is 192 g/mol. The molecule has 1 aromatic carbocycles. The van der Waals surface area contributed by atoms with E-state index in [1.54, 1.807) is 6.92 Å². The van der Waals surface area contributed by atoms with Crippen molar-refractivity contribution in [1.29, 1.82) is 0 Å². The van der Waals surface area contributed by atoms with Crippen molar-refractivity contribution >= 4 is 6.03 Å². The molecule has 0 fully saturated rings. The highest BCUT2D eigenvalue weighted by Crippen LogP contribution is 2.22. The van der Waals surface area contributed by atoms with E-state index in [0.29, 0.717) is 0 Å². The summed E-state index contributed by atoms with van der Waals surface area (Å²) < 4.78 is 5.57. The van der Waals surface area contributed by atoms with Gasteiger partial charge >= 0.3 is 6.03 Å². The summed E-state index contributed by atoms with van der Waals surface area (Å²) in [6.45, 7) is 5.65. The Morgan fingerprint density at radius 3 is 2.40 bits per heavy atom. The van der Waals surface area contributed by atoms with Crippen LogP contribution in [-0.2, 0) is 0 Å². The lowest BCUT2D eigenvalue weighted by Crippen LogP contribution is -2.40. The number of carbonyl (C=O) groups is 1. The normalized spacial score (nSPS) is 11.9. The van der Waals surface area contributed by atoms with Crippen molar-refractivity contribution in [2.24, 2.45) is 5.73 Å². The molecule has 1 rings (SSSR count). The quantitative estimate of drug-likeness (QED) is 0.742. The molecule has 0 aliphatic rings. The van der Waals surface area contributed by atoms with Gasteiger partial charge < -0.3 is 15.8 Å². The lowest BCUT2D eigenvalue weighted by Gasteiger charge is -2.18. The first-order valence-corrected chi connectivity index (χ1v) is 4.79. The first-order chi connectivity index (χ1) is 7.00. The fraction of sp³-hybridized carbons (Fsp3) is 0.364. The van der Waals surface area contributed by atoms with Crippen LogP contribution < -0.4 is 15.8 Å². The summed E-state index contributed by atoms with van der Waals surface area (Å²) in [4.78, 5) is 10.6. The maximum Gasteiger partial charge on any atom is 0.314 e. The Hall–Kier alpha value is -1.71. The van der Waals surface area contributed by atoms with E-state index in [2.05, 4.69) is 5.32 Å². The minimum absolute atomic E-state index is 0.428. The zero-order valence-corrected chi connectivity index (χ0v) is 9.20. The van der Waals surface area contributed by atoms with Crippen LogP contribution in [0.5, 0.6) is 5.75 Å². The van der Waals surface area contributed by atoms with E-state index in [4.69, 9.17) is 10.5 Å². The molecule has 1 aromatic rings. The summed E-state index contributed by atoms with van der Waals surface area (Å²) in [6, 6.07) is 5.29. The van der Waals surface area contributed by atoms with Gasteiger partial charge in [0, 0.05) is 0 Å². The van der Waals surface area contributed by atoms with Crippen LogP contribution in [-0.4, -0.2) is 12.3 Å². The summed E-state index contributed by atoms with van der Waals surface area (Å²) in [5.74, 6) is 0.791. The van der Waals surface area contributed by atoms with Gasteiger partial charge in [-0.2, -0.15) is 0 Å². The Labute approximate surface area is 89.4 Å². The van der Waals surface area contributed by atoms with E-state index < -0.39 is 12.3 Å². The highest BCUT2D eigenvalue weighted by atomic mass is 16.5. The van der Waals surface area contributed by atoms with Crippen LogP contribution in [0.1, 0.15) is 18.1 Å². The van der Waals surface area contributed by atoms with Gasteiger partial charge in [-0.3, -0.25) is 0 Å². The minimum Gasteiger partial charge on any atom is -0.470 e. The molecule has 3 N–H and O–H groups in total. The highest BCUT2D eigenvalue weighted by molar-refractivity contribution is 5.71. The molecule has 0 bridgehead atoms. The smallest absolute Gasteiger partial charge is 0.314 e. The predicted octanol–water partition coefficient (Wildman–Crippen LogP) is 1.70. The second-order valence-corrected chi connectivity index (χ2v) is 3.49. The predicted molar refractivity (Wildman–Crippen MR) is 58.7 cm³/mol. The molecule has 0 radical (unpaired) electrons. The SMILES string of the molecule is Cc1cccc(C)c1OC(C)NC(N)=O. The van der Waals surface area contributed by atoms with Crippen LogP contribution in [0.2, 0.25) is 0 Å². The fourth-order valence-corrected chi connectivity index (χ4v) is 1.39. The number of para-hydroxylation sites is 1. The van der Waals surface area contributed by atoms with E-state index in [1.165, 1.54) is 0 Å². The number of ether oxygens (including phenoxy) is 1. The van der Waals surface area contributed by atoms with Crippen molar-refractivity contribution < 1.29 is 9.53 Å². The van der Waals surface area contributed by atoms with Crippen LogP contribution in [0, 0.1) is 13.8 Å². The third-order valence-electron chi connectivity index (χ3n) is 2.05. The van der Waals surface area contributed by atoms with Gasteiger partial charge in [0.1, 0.15) is 5.75 Å². The van der Waals surface area contributed by atoms with Crippen molar-refractivity contribution in [3.8, 4) is 5.75 Å². The summed E-state index contributed by atoms with van der Waals surface area (Å²) in [7, 11) is 0. The van der Waals surface area contributed by atoms with Crippen molar-refractivity contribution in [2.75, 3.05) is 0 Å². The topological polar surface area (TPSA) is 64.3 Å². The van der Waals surface area contributed by atoms with E-state index in [9.17, 15) is 4.79 Å². The van der Waals surface area contributed by atoms with Crippen LogP contribution in [0.25, 0.3) is 0 Å². The fourth-order valence-electron chi connectivity index (χ4n) is 1.39. The van der Waals surface area contributed by atoms with Gasteiger partial charge in [0.15, 0.2) is 6.23 Å². The monoisotopic (exact) mass is 208 g/mol. The number of urea groups is 1. The Morgan fingerprint density at radius 1 is 1.40 bits per heavy atom. The minimum atomic E-state index is -0.589. The summed E-state index contributed by atoms with van der Waals surface area (Å²) in [5, 5.41) is 2.46. The van der Waals surface area contributed by atoms with E-state index in [1.807, 2.05) is 32.0 Å². The lowest BCUT2D eigenvalue weighted by atomic mass is 10.1. The Balaban J connectivity index is 2.76. The zero-order valence-electron chi connectivity index (χ0n) is 9.20. The molecule has 15 heavy (non-hydrogen) atoms. The number of amides is 2. The van der Waals surface area contributed by atoms with Crippen molar-refractivity contribution in [3.63, 3.8) is 0 Å². The first-order valence-electron chi connectivity index (χ1n) is 4.79. The molecule has 82 valence electrons. The van der Waals surface area contributed by atoms with Crippen molar-refractivity contribution in [2.45, 2.75) is 27.0 Å². The number of carbonyl (C=O) groups excluding carboxylic acids is 1. The molecule has 1 atom stereocenters. The van der Waals surface area contributed by atoms with E-state index >= 15 is 0 Å². The molecule has 4 nitrogen and oxygen atoms in total. The Morgan fingerprint density at radius 2 is 1.93 bits per heavy atom. The molecule has 0 aliphatic heterocycles. The summed E-state index contributed by atoms with van der Waals surface area (Å²) in [5.41, 5.74) is 7.06. The average Bonchev–Trinajstić information content (AvgIpc) is 2.10. The van der Waals surface area contributed by atoms with Gasteiger partial charge in [0.25, 0.3) is 0 Å². The lowest BCUT2D eigenvalue weighted by molar-refractivity contribution is 0.179. The molecule has 4 heteroatoms. The van der Waals surface area contributed by atoms with Crippen molar-refractivity contribution in [3.05, 3.63) is 29.3 Å². The molecule has 0 aliphatic carbocycles. The molecule has 2 amide bonds. The molecule has 0 aromatic heterocycles. The number of benzene rings is 1. The standard InChI is InChI=1S/C11H16N2O2/c1-7-5-4-6-8(2)10(7)15-9(3)13-11(12)14/h4-6,9H,1-3H3,(H3,12,13,14). The number of aryl methyl sites for hydroxylation is 2. The largest absolute Gasteiger partial charge is 0.470 e. The number of hydrogen-bond donors (Lipinski definition) is 2. The number of rotatable bonds is 3. The third kappa shape index (κ3) is 3.16. The maximum atomic E-state index is 10.6. The molecule has 1 unspecified atom stereocenters. The summed E-state index contributed by atoms with van der Waals surface area (Å²) >= 11 is 0. The molecular formula is C11H16N2O2. The number of nitrogens with one attached hydrogen (secondary N) is 1. The Bertz CT molecular complexity index is 343. The molecule has 0 saturated heterocycles. The number of nitrogens with two attached hydrogens (primary N) is 1. The first kappa shape index (κ1) is 11.4. The van der Waals surface area contributed by atoms with Gasteiger partial charge in [-0.05, 0) is 31.9 Å². The number of hydrogen-bond acceptors (Lipinski definition) is 2. The average molecular weight is 208 g/mol. The Kier molecular flexibility index (Phi) is 3.55. The van der Waals surface area contributed by atoms with Crippen LogP contribution >= 0.6 is 0 Å². The second-order valence-electron chi connectivity index (χ2n) is 3.49. The van der Waals surface area contributed by atoms with Gasteiger partial charge in [-0.1, -0.05) is 18.2 Å². The molecule has 0 heterocycles. The van der Waals surface area contributed by atoms with E-state index in [-0.39, 0.29) is 0 Å². The highest BCUT2D eigenvalue weighted by Gasteiger charge is 2.09. The molecule has 0 saturated carbocycles. The number of primary amides is 1. The van der Waals surface area contributed by atoms with Crippen LogP contribution in [0.15, 0.2) is 18.2 Å². The van der Waals surface area contributed by atoms with Gasteiger partial charge in [0.2, 0.25) is 0 Å². The maximum absolute atomic E-state index is 10.6. The zero-order chi connectivity index (χ0) is 11.4. The third-order valence-corrected chi connectivity index (χ3v) is 2.05. The van der Waals surface area contributed by atoms with Crippen LogP contribution in [0.3, 0.4) is 0 Å². The van der Waals surface area contributed by atoms with Gasteiger partial charge in [-0.25, -0.2) is 4.79 Å². The second kappa shape index (κ2) is 4.68. The van der Waals surface area contributed by atoms with Gasteiger partial charge in [0.05, 0.1) is 0 Å². The van der Waals surface area contributed by atoms with E-state index in [0.717, 1.165) is 16.9 Å². The summed E-state index contributed by atoms with van der Waals surface area (Å²) in [6.07, 6.45) is -0.428. The van der Waals surface area contributed by atoms with Crippen molar-refractivity contribution in [1.82, 2.24) is 5.32 Å².